The minimum absolute atomic E-state index is 0.0632. The van der Waals surface area contributed by atoms with E-state index in [0.717, 1.165) is 11.8 Å². The van der Waals surface area contributed by atoms with Crippen LogP contribution in [0.4, 0.5) is 0 Å². The van der Waals surface area contributed by atoms with E-state index in [1.165, 1.54) is 0 Å². The van der Waals surface area contributed by atoms with Gasteiger partial charge in [-0.15, -0.1) is 10.2 Å². The third kappa shape index (κ3) is 4.07. The molecule has 0 aromatic carbocycles. The van der Waals surface area contributed by atoms with Gasteiger partial charge in [0, 0.05) is 11.3 Å². The maximum atomic E-state index is 11.7. The smallest absolute Gasteiger partial charge is 0.325 e. The number of esters is 1. The Balaban J connectivity index is 2.05. The van der Waals surface area contributed by atoms with Crippen LogP contribution < -0.4 is 11.2 Å². The molecule has 2 heterocycles. The lowest BCUT2D eigenvalue weighted by Crippen LogP contribution is -2.27. The summed E-state index contributed by atoms with van der Waals surface area (Å²) in [7, 11) is 0. The summed E-state index contributed by atoms with van der Waals surface area (Å²) in [6.07, 6.45) is 0.0882. The number of rotatable bonds is 6. The predicted molar refractivity (Wildman–Crippen MR) is 76.9 cm³/mol. The Bertz CT molecular complexity index is 778. The van der Waals surface area contributed by atoms with E-state index in [-0.39, 0.29) is 29.3 Å². The number of nitrogens with zero attached hydrogens (tertiary/aromatic N) is 2. The summed E-state index contributed by atoms with van der Waals surface area (Å²) in [6.45, 7) is 3.64. The molecule has 0 aliphatic heterocycles. The molecule has 22 heavy (non-hydrogen) atoms. The average Bonchev–Trinajstić information content (AvgIpc) is 2.89. The number of hydrogen-bond acceptors (Lipinski definition) is 8. The zero-order valence-corrected chi connectivity index (χ0v) is 12.8. The molecule has 0 radical (unpaired) electrons. The van der Waals surface area contributed by atoms with Gasteiger partial charge in [0.15, 0.2) is 0 Å². The summed E-state index contributed by atoms with van der Waals surface area (Å²) in [5.74, 6) is -0.0968. The van der Waals surface area contributed by atoms with Crippen molar-refractivity contribution < 1.29 is 13.9 Å². The first-order valence-electron chi connectivity index (χ1n) is 6.42. The fourth-order valence-corrected chi connectivity index (χ4v) is 2.26. The molecular weight excluding hydrogens is 312 g/mol. The minimum Gasteiger partial charge on any atom is -0.465 e. The second-order valence-corrected chi connectivity index (χ2v) is 5.17. The van der Waals surface area contributed by atoms with Crippen molar-refractivity contribution in [3.63, 3.8) is 0 Å². The highest BCUT2D eigenvalue weighted by atomic mass is 32.2. The van der Waals surface area contributed by atoms with Crippen LogP contribution in [0.1, 0.15) is 24.1 Å². The Hall–Kier alpha value is -2.36. The summed E-state index contributed by atoms with van der Waals surface area (Å²) < 4.78 is 10.1. The highest BCUT2D eigenvalue weighted by molar-refractivity contribution is 7.99. The average molecular weight is 326 g/mol. The van der Waals surface area contributed by atoms with Gasteiger partial charge < -0.3 is 14.1 Å². The highest BCUT2D eigenvalue weighted by Gasteiger charge is 2.14. The number of aromatic amines is 2. The lowest BCUT2D eigenvalue weighted by molar-refractivity contribution is -0.139. The van der Waals surface area contributed by atoms with Gasteiger partial charge in [-0.25, -0.2) is 4.79 Å². The summed E-state index contributed by atoms with van der Waals surface area (Å²) in [6, 6.07) is 0. The van der Waals surface area contributed by atoms with Crippen molar-refractivity contribution in [1.29, 1.82) is 0 Å². The first-order chi connectivity index (χ1) is 10.5. The number of thioether (sulfide) groups is 1. The molecule has 0 atom stereocenters. The van der Waals surface area contributed by atoms with Gasteiger partial charge >= 0.3 is 11.7 Å². The Labute approximate surface area is 128 Å². The molecule has 2 rings (SSSR count). The van der Waals surface area contributed by atoms with Gasteiger partial charge in [-0.05, 0) is 13.8 Å². The third-order valence-corrected chi connectivity index (χ3v) is 3.44. The van der Waals surface area contributed by atoms with E-state index in [2.05, 4.69) is 20.2 Å². The largest absolute Gasteiger partial charge is 0.465 e. The molecule has 2 aromatic rings. The maximum absolute atomic E-state index is 11.7. The van der Waals surface area contributed by atoms with Crippen molar-refractivity contribution in [2.24, 2.45) is 0 Å². The summed E-state index contributed by atoms with van der Waals surface area (Å²) in [4.78, 5) is 38.7. The molecule has 0 saturated carbocycles. The van der Waals surface area contributed by atoms with Crippen LogP contribution in [0.25, 0.3) is 0 Å². The lowest BCUT2D eigenvalue weighted by Gasteiger charge is -2.00. The number of carbonyl (C=O) groups is 1. The molecule has 0 bridgehead atoms. The van der Waals surface area contributed by atoms with Crippen LogP contribution in [0.2, 0.25) is 0 Å². The lowest BCUT2D eigenvalue weighted by atomic mass is 10.2. The molecule has 2 aromatic heterocycles. The minimum atomic E-state index is -0.567. The van der Waals surface area contributed by atoms with Gasteiger partial charge in [-0.2, -0.15) is 0 Å². The first-order valence-corrected chi connectivity index (χ1v) is 7.41. The zero-order chi connectivity index (χ0) is 16.1. The molecule has 0 aliphatic carbocycles. The monoisotopic (exact) mass is 326 g/mol. The number of aryl methyl sites for hydroxylation is 1. The Kier molecular flexibility index (Phi) is 5.15. The molecule has 2 N–H and O–H groups in total. The number of ether oxygens (including phenoxy) is 1. The van der Waals surface area contributed by atoms with Crippen LogP contribution in [0, 0.1) is 6.92 Å². The Morgan fingerprint density at radius 3 is 2.77 bits per heavy atom. The van der Waals surface area contributed by atoms with Gasteiger partial charge in [0.1, 0.15) is 5.75 Å². The zero-order valence-electron chi connectivity index (χ0n) is 12.0. The molecule has 0 unspecified atom stereocenters. The topological polar surface area (TPSA) is 131 Å². The van der Waals surface area contributed by atoms with Gasteiger partial charge in [0.2, 0.25) is 5.89 Å². The molecule has 0 spiro atoms. The SMILES string of the molecule is CCOC(=O)CSc1nnc(Cc2c(C)[nH]c(=O)[nH]c2=O)o1. The summed E-state index contributed by atoms with van der Waals surface area (Å²) in [5.41, 5.74) is -0.291. The van der Waals surface area contributed by atoms with Gasteiger partial charge in [-0.3, -0.25) is 14.6 Å². The summed E-state index contributed by atoms with van der Waals surface area (Å²) >= 11 is 1.05. The molecule has 0 fully saturated rings. The molecule has 0 aliphatic rings. The normalized spacial score (nSPS) is 10.6. The van der Waals surface area contributed by atoms with E-state index in [1.807, 2.05) is 0 Å². The number of carbonyl (C=O) groups excluding carboxylic acids is 1. The van der Waals surface area contributed by atoms with E-state index < -0.39 is 11.2 Å². The predicted octanol–water partition coefficient (Wildman–Crippen LogP) is 0.000620. The maximum Gasteiger partial charge on any atom is 0.325 e. The quantitative estimate of drug-likeness (QED) is 0.560. The van der Waals surface area contributed by atoms with Crippen LogP contribution in [0.15, 0.2) is 19.2 Å². The molecule has 10 heteroatoms. The van der Waals surface area contributed by atoms with Crippen LogP contribution in [-0.2, 0) is 16.0 Å². The van der Waals surface area contributed by atoms with Crippen molar-refractivity contribution in [3.8, 4) is 0 Å². The highest BCUT2D eigenvalue weighted by Crippen LogP contribution is 2.17. The van der Waals surface area contributed by atoms with E-state index in [1.54, 1.807) is 13.8 Å². The van der Waals surface area contributed by atoms with Gasteiger partial charge in [-0.1, -0.05) is 11.8 Å². The Morgan fingerprint density at radius 2 is 2.09 bits per heavy atom. The number of hydrogen-bond donors (Lipinski definition) is 2. The molecule has 0 amide bonds. The van der Waals surface area contributed by atoms with Gasteiger partial charge in [0.25, 0.3) is 10.8 Å². The van der Waals surface area contributed by atoms with Crippen LogP contribution in [-0.4, -0.2) is 38.5 Å². The number of H-pyrrole nitrogens is 2. The van der Waals surface area contributed by atoms with E-state index >= 15 is 0 Å². The fourth-order valence-electron chi connectivity index (χ4n) is 1.68. The second-order valence-electron chi connectivity index (χ2n) is 4.24. The van der Waals surface area contributed by atoms with Crippen LogP contribution in [0.5, 0.6) is 0 Å². The van der Waals surface area contributed by atoms with Crippen molar-refractivity contribution >= 4 is 17.7 Å². The standard InChI is InChI=1S/C12H14N4O5S/c1-3-20-9(17)5-22-12-16-15-8(21-12)4-7-6(2)13-11(19)14-10(7)18/h3-5H2,1-2H3,(H2,13,14,18,19). The molecular formula is C12H14N4O5S. The molecule has 9 nitrogen and oxygen atoms in total. The van der Waals surface area contributed by atoms with Crippen LogP contribution >= 0.6 is 11.8 Å². The number of nitrogens with one attached hydrogen (secondary N) is 2. The van der Waals surface area contributed by atoms with E-state index in [4.69, 9.17) is 9.15 Å². The second kappa shape index (κ2) is 7.07. The van der Waals surface area contributed by atoms with E-state index in [0.29, 0.717) is 17.9 Å². The Morgan fingerprint density at radius 1 is 1.32 bits per heavy atom. The molecule has 0 saturated heterocycles. The fraction of sp³-hybridized carbons (Fsp3) is 0.417. The molecule has 118 valence electrons. The van der Waals surface area contributed by atoms with Crippen molar-refractivity contribution in [3.05, 3.63) is 38.0 Å². The van der Waals surface area contributed by atoms with Crippen molar-refractivity contribution in [1.82, 2.24) is 20.2 Å². The number of aromatic nitrogens is 4. The van der Waals surface area contributed by atoms with Gasteiger partial charge in [0.05, 0.1) is 13.0 Å². The van der Waals surface area contributed by atoms with Crippen molar-refractivity contribution in [2.45, 2.75) is 25.5 Å². The third-order valence-electron chi connectivity index (χ3n) is 2.65. The van der Waals surface area contributed by atoms with E-state index in [9.17, 15) is 14.4 Å². The van der Waals surface area contributed by atoms with Crippen LogP contribution in [0.3, 0.4) is 0 Å². The van der Waals surface area contributed by atoms with Crippen molar-refractivity contribution in [2.75, 3.05) is 12.4 Å². The first kappa shape index (κ1) is 16.0. The summed E-state index contributed by atoms with van der Waals surface area (Å²) in [5, 5.41) is 7.79.